The molecule has 0 spiro atoms. The third-order valence-electron chi connectivity index (χ3n) is 2.80. The van der Waals surface area contributed by atoms with Gasteiger partial charge in [0.25, 0.3) is 11.7 Å². The summed E-state index contributed by atoms with van der Waals surface area (Å²) in [5.74, 6) is -3.49. The van der Waals surface area contributed by atoms with Crippen molar-refractivity contribution < 1.29 is 18.4 Å². The summed E-state index contributed by atoms with van der Waals surface area (Å²) < 4.78 is 27.1. The second-order valence-corrected chi connectivity index (χ2v) is 3.97. The molecule has 0 N–H and O–H groups in total. The van der Waals surface area contributed by atoms with Crippen LogP contribution >= 0.6 is 0 Å². The zero-order chi connectivity index (χ0) is 13.3. The summed E-state index contributed by atoms with van der Waals surface area (Å²) >= 11 is 0. The van der Waals surface area contributed by atoms with Gasteiger partial charge in [-0.15, -0.1) is 6.58 Å². The van der Waals surface area contributed by atoms with Gasteiger partial charge in [0, 0.05) is 6.54 Å². The third kappa shape index (κ3) is 1.81. The lowest BCUT2D eigenvalue weighted by atomic mass is 10.1. The van der Waals surface area contributed by atoms with Gasteiger partial charge in [-0.2, -0.15) is 0 Å². The second kappa shape index (κ2) is 4.68. The predicted molar refractivity (Wildman–Crippen MR) is 62.5 cm³/mol. The molecule has 0 fully saturated rings. The lowest BCUT2D eigenvalue weighted by Crippen LogP contribution is -2.31. The van der Waals surface area contributed by atoms with E-state index in [1.165, 1.54) is 0 Å². The highest BCUT2D eigenvalue weighted by atomic mass is 19.1. The molecule has 5 heteroatoms. The summed E-state index contributed by atoms with van der Waals surface area (Å²) in [4.78, 5) is 24.3. The molecule has 0 saturated carbocycles. The molecule has 0 saturated heterocycles. The first-order valence-corrected chi connectivity index (χ1v) is 5.53. The van der Waals surface area contributed by atoms with E-state index in [0.29, 0.717) is 12.8 Å². The van der Waals surface area contributed by atoms with Gasteiger partial charge >= 0.3 is 0 Å². The monoisotopic (exact) mass is 251 g/mol. The topological polar surface area (TPSA) is 37.4 Å². The molecule has 94 valence electrons. The first kappa shape index (κ1) is 12.4. The van der Waals surface area contributed by atoms with Gasteiger partial charge in [0.2, 0.25) is 0 Å². The molecule has 18 heavy (non-hydrogen) atoms. The molecule has 1 heterocycles. The maximum atomic E-state index is 13.6. The highest BCUT2D eigenvalue weighted by Crippen LogP contribution is 2.33. The van der Waals surface area contributed by atoms with Crippen LogP contribution in [0.25, 0.3) is 0 Å². The number of ketones is 1. The van der Waals surface area contributed by atoms with Gasteiger partial charge in [0.1, 0.15) is 11.6 Å². The number of rotatable bonds is 4. The standard InChI is InChI=1S/C13H11F2NO2/c1-2-3-4-7-16-11-9(15)6-5-8(14)10(11)12(17)13(16)18/h2,5-6H,1,3-4,7H2. The maximum absolute atomic E-state index is 13.6. The molecular weight excluding hydrogens is 240 g/mol. The Morgan fingerprint density at radius 1 is 1.22 bits per heavy atom. The van der Waals surface area contributed by atoms with Crippen molar-refractivity contribution in [1.82, 2.24) is 0 Å². The molecular formula is C13H11F2NO2. The van der Waals surface area contributed by atoms with Gasteiger partial charge in [0.15, 0.2) is 0 Å². The number of nitrogens with zero attached hydrogens (tertiary/aromatic N) is 1. The zero-order valence-corrected chi connectivity index (χ0v) is 9.58. The molecule has 0 radical (unpaired) electrons. The Bertz CT molecular complexity index is 540. The molecule has 0 aromatic heterocycles. The van der Waals surface area contributed by atoms with Crippen LogP contribution in [-0.4, -0.2) is 18.2 Å². The SMILES string of the molecule is C=CCCCN1C(=O)C(=O)c2c(F)ccc(F)c21. The fourth-order valence-electron chi connectivity index (χ4n) is 1.96. The van der Waals surface area contributed by atoms with E-state index in [9.17, 15) is 18.4 Å². The van der Waals surface area contributed by atoms with E-state index < -0.39 is 28.9 Å². The van der Waals surface area contributed by atoms with Crippen molar-refractivity contribution in [1.29, 1.82) is 0 Å². The Balaban J connectivity index is 2.41. The van der Waals surface area contributed by atoms with Crippen LogP contribution in [0, 0.1) is 11.6 Å². The van der Waals surface area contributed by atoms with E-state index in [1.54, 1.807) is 6.08 Å². The lowest BCUT2D eigenvalue weighted by Gasteiger charge is -2.16. The smallest absolute Gasteiger partial charge is 0.299 e. The third-order valence-corrected chi connectivity index (χ3v) is 2.80. The minimum Gasteiger partial charge on any atom is -0.302 e. The number of halogens is 2. The fraction of sp³-hybridized carbons (Fsp3) is 0.231. The van der Waals surface area contributed by atoms with Gasteiger partial charge in [0.05, 0.1) is 11.3 Å². The molecule has 3 nitrogen and oxygen atoms in total. The summed E-state index contributed by atoms with van der Waals surface area (Å²) in [5, 5.41) is 0. The Kier molecular flexibility index (Phi) is 3.23. The Labute approximate surface area is 103 Å². The molecule has 1 aliphatic heterocycles. The van der Waals surface area contributed by atoms with Crippen molar-refractivity contribution in [3.05, 3.63) is 42.0 Å². The molecule has 1 aromatic rings. The van der Waals surface area contributed by atoms with Crippen molar-refractivity contribution in [2.75, 3.05) is 11.4 Å². The van der Waals surface area contributed by atoms with Gasteiger partial charge in [-0.05, 0) is 25.0 Å². The van der Waals surface area contributed by atoms with Crippen molar-refractivity contribution >= 4 is 17.4 Å². The second-order valence-electron chi connectivity index (χ2n) is 3.97. The molecule has 1 amide bonds. The van der Waals surface area contributed by atoms with E-state index >= 15 is 0 Å². The van der Waals surface area contributed by atoms with Crippen molar-refractivity contribution in [3.8, 4) is 0 Å². The molecule has 0 bridgehead atoms. The molecule has 1 aromatic carbocycles. The summed E-state index contributed by atoms with van der Waals surface area (Å²) in [7, 11) is 0. The highest BCUT2D eigenvalue weighted by Gasteiger charge is 2.40. The van der Waals surface area contributed by atoms with E-state index in [-0.39, 0.29) is 12.2 Å². The average molecular weight is 251 g/mol. The lowest BCUT2D eigenvalue weighted by molar-refractivity contribution is -0.114. The van der Waals surface area contributed by atoms with E-state index in [4.69, 9.17) is 0 Å². The summed E-state index contributed by atoms with van der Waals surface area (Å²) in [6, 6.07) is 1.77. The number of hydrogen-bond donors (Lipinski definition) is 0. The molecule has 1 aliphatic rings. The van der Waals surface area contributed by atoms with Crippen LogP contribution < -0.4 is 4.90 Å². The predicted octanol–water partition coefficient (Wildman–Crippen LogP) is 2.46. The number of amides is 1. The number of Topliss-reactive ketones (excluding diaryl/α,β-unsaturated/α-hetero) is 1. The number of carbonyl (C=O) groups excluding carboxylic acids is 2. The van der Waals surface area contributed by atoms with Crippen LogP contribution in [0.5, 0.6) is 0 Å². The molecule has 2 rings (SSSR count). The number of allylic oxidation sites excluding steroid dienone is 1. The van der Waals surface area contributed by atoms with Crippen LogP contribution in [0.4, 0.5) is 14.5 Å². The number of hydrogen-bond acceptors (Lipinski definition) is 2. The normalized spacial score (nSPS) is 14.0. The van der Waals surface area contributed by atoms with Crippen LogP contribution in [-0.2, 0) is 4.79 Å². The minimum absolute atomic E-state index is 0.171. The van der Waals surface area contributed by atoms with Crippen molar-refractivity contribution in [3.63, 3.8) is 0 Å². The summed E-state index contributed by atoms with van der Waals surface area (Å²) in [5.41, 5.74) is -0.701. The van der Waals surface area contributed by atoms with Crippen LogP contribution in [0.15, 0.2) is 24.8 Å². The van der Waals surface area contributed by atoms with Crippen molar-refractivity contribution in [2.24, 2.45) is 0 Å². The Morgan fingerprint density at radius 2 is 1.89 bits per heavy atom. The van der Waals surface area contributed by atoms with Gasteiger partial charge in [-0.25, -0.2) is 8.78 Å². The van der Waals surface area contributed by atoms with Gasteiger partial charge in [-0.1, -0.05) is 6.08 Å². The summed E-state index contributed by atoms with van der Waals surface area (Å²) in [6.07, 6.45) is 2.83. The average Bonchev–Trinajstić information content (AvgIpc) is 2.60. The van der Waals surface area contributed by atoms with Crippen molar-refractivity contribution in [2.45, 2.75) is 12.8 Å². The van der Waals surface area contributed by atoms with Crippen LogP contribution in [0.1, 0.15) is 23.2 Å². The van der Waals surface area contributed by atoms with Crippen LogP contribution in [0.3, 0.4) is 0 Å². The number of unbranched alkanes of at least 4 members (excludes halogenated alkanes) is 1. The van der Waals surface area contributed by atoms with E-state index in [0.717, 1.165) is 17.0 Å². The number of fused-ring (bicyclic) bond motifs is 1. The number of anilines is 1. The first-order chi connectivity index (χ1) is 8.57. The fourth-order valence-corrected chi connectivity index (χ4v) is 1.96. The van der Waals surface area contributed by atoms with Gasteiger partial charge in [-0.3, -0.25) is 9.59 Å². The zero-order valence-electron chi connectivity index (χ0n) is 9.58. The first-order valence-electron chi connectivity index (χ1n) is 5.53. The van der Waals surface area contributed by atoms with Crippen LogP contribution in [0.2, 0.25) is 0 Å². The minimum atomic E-state index is -0.986. The Hall–Kier alpha value is -2.04. The highest BCUT2D eigenvalue weighted by molar-refractivity contribution is 6.52. The number of benzene rings is 1. The quantitative estimate of drug-likeness (QED) is 0.468. The Morgan fingerprint density at radius 3 is 2.56 bits per heavy atom. The van der Waals surface area contributed by atoms with E-state index in [1.807, 2.05) is 0 Å². The maximum Gasteiger partial charge on any atom is 0.299 e. The molecule has 0 atom stereocenters. The molecule has 0 unspecified atom stereocenters. The summed E-state index contributed by atoms with van der Waals surface area (Å²) in [6.45, 7) is 3.70. The number of carbonyl (C=O) groups is 2. The molecule has 0 aliphatic carbocycles. The van der Waals surface area contributed by atoms with Gasteiger partial charge < -0.3 is 4.90 Å². The largest absolute Gasteiger partial charge is 0.302 e. The van der Waals surface area contributed by atoms with E-state index in [2.05, 4.69) is 6.58 Å².